The Morgan fingerprint density at radius 3 is 2.62 bits per heavy atom. The highest BCUT2D eigenvalue weighted by Gasteiger charge is 2.16. The minimum Gasteiger partial charge on any atom is -0.476 e. The topological polar surface area (TPSA) is 72.9 Å². The van der Waals surface area contributed by atoms with E-state index >= 15 is 0 Å². The summed E-state index contributed by atoms with van der Waals surface area (Å²) in [5.41, 5.74) is 4.27. The average molecular weight is 318 g/mol. The molecule has 24 heavy (non-hydrogen) atoms. The van der Waals surface area contributed by atoms with Crippen molar-refractivity contribution < 1.29 is 9.90 Å². The van der Waals surface area contributed by atoms with Crippen LogP contribution in [0.2, 0.25) is 0 Å². The van der Waals surface area contributed by atoms with Gasteiger partial charge in [0.25, 0.3) is 0 Å². The summed E-state index contributed by atoms with van der Waals surface area (Å²) in [5.74, 6) is -1.05. The van der Waals surface area contributed by atoms with Gasteiger partial charge in [0.15, 0.2) is 5.69 Å². The molecule has 2 aromatic heterocycles. The first-order valence-corrected chi connectivity index (χ1v) is 7.44. The fourth-order valence-corrected chi connectivity index (χ4v) is 2.75. The van der Waals surface area contributed by atoms with E-state index in [9.17, 15) is 9.90 Å². The van der Waals surface area contributed by atoms with Gasteiger partial charge in [-0.3, -0.25) is 0 Å². The van der Waals surface area contributed by atoms with Gasteiger partial charge in [0.1, 0.15) is 0 Å². The summed E-state index contributed by atoms with van der Waals surface area (Å²) in [4.78, 5) is 15.7. The molecule has 6 heteroatoms. The minimum absolute atomic E-state index is 0.00923. The van der Waals surface area contributed by atoms with E-state index in [1.54, 1.807) is 17.1 Å². The largest absolute Gasteiger partial charge is 0.476 e. The Kier molecular flexibility index (Phi) is 3.16. The molecule has 6 nitrogen and oxygen atoms in total. The lowest BCUT2D eigenvalue weighted by Gasteiger charge is -2.07. The predicted molar refractivity (Wildman–Crippen MR) is 90.2 cm³/mol. The summed E-state index contributed by atoms with van der Waals surface area (Å²) in [6.45, 7) is 0. The van der Waals surface area contributed by atoms with Crippen LogP contribution < -0.4 is 0 Å². The lowest BCUT2D eigenvalue weighted by molar-refractivity contribution is 0.0690. The highest BCUT2D eigenvalue weighted by atomic mass is 16.4. The van der Waals surface area contributed by atoms with Gasteiger partial charge >= 0.3 is 5.97 Å². The number of carboxylic acids is 1. The molecule has 0 aliphatic heterocycles. The normalized spacial score (nSPS) is 11.0. The molecule has 0 fully saturated rings. The molecule has 0 unspecified atom stereocenters. The minimum atomic E-state index is -1.05. The Bertz CT molecular complexity index is 1050. The molecule has 0 atom stereocenters. The Labute approximate surface area is 137 Å². The van der Waals surface area contributed by atoms with E-state index in [0.29, 0.717) is 5.69 Å². The maximum absolute atomic E-state index is 11.4. The lowest BCUT2D eigenvalue weighted by Crippen LogP contribution is -2.02. The molecule has 1 N–H and O–H groups in total. The summed E-state index contributed by atoms with van der Waals surface area (Å²) >= 11 is 0. The second-order valence-electron chi connectivity index (χ2n) is 5.53. The monoisotopic (exact) mass is 318 g/mol. The summed E-state index contributed by atoms with van der Waals surface area (Å²) in [7, 11) is 1.94. The molecular formula is C18H14N4O2. The highest BCUT2D eigenvalue weighted by molar-refractivity contribution is 5.88. The molecule has 0 saturated heterocycles. The number of aryl methyl sites for hydroxylation is 1. The van der Waals surface area contributed by atoms with Crippen molar-refractivity contribution in [3.63, 3.8) is 0 Å². The van der Waals surface area contributed by atoms with Gasteiger partial charge in [0.2, 0.25) is 0 Å². The number of para-hydroxylation sites is 1. The van der Waals surface area contributed by atoms with Crippen molar-refractivity contribution in [2.75, 3.05) is 0 Å². The maximum Gasteiger partial charge on any atom is 0.356 e. The highest BCUT2D eigenvalue weighted by Crippen LogP contribution is 2.27. The third kappa shape index (κ3) is 2.25. The Morgan fingerprint density at radius 1 is 1.08 bits per heavy atom. The van der Waals surface area contributed by atoms with Crippen molar-refractivity contribution >= 4 is 17.0 Å². The Balaban J connectivity index is 1.93. The van der Waals surface area contributed by atoms with Crippen LogP contribution in [0.15, 0.2) is 60.9 Å². The van der Waals surface area contributed by atoms with Gasteiger partial charge in [-0.1, -0.05) is 24.3 Å². The molecule has 0 aliphatic carbocycles. The second kappa shape index (κ2) is 5.34. The number of nitrogens with zero attached hydrogens (tertiary/aromatic N) is 4. The van der Waals surface area contributed by atoms with Crippen LogP contribution in [-0.4, -0.2) is 30.4 Å². The van der Waals surface area contributed by atoms with E-state index in [4.69, 9.17) is 0 Å². The molecule has 4 rings (SSSR count). The molecule has 0 amide bonds. The van der Waals surface area contributed by atoms with Gasteiger partial charge < -0.3 is 9.67 Å². The van der Waals surface area contributed by atoms with Crippen molar-refractivity contribution in [1.82, 2.24) is 19.3 Å². The third-order valence-corrected chi connectivity index (χ3v) is 3.95. The fraction of sp³-hybridized carbons (Fsp3) is 0.0556. The molecule has 2 heterocycles. The van der Waals surface area contributed by atoms with E-state index in [1.807, 2.05) is 60.1 Å². The summed E-state index contributed by atoms with van der Waals surface area (Å²) in [6, 6.07) is 16.9. The van der Waals surface area contributed by atoms with Crippen LogP contribution in [-0.2, 0) is 7.05 Å². The molecule has 0 saturated carbocycles. The Morgan fingerprint density at radius 2 is 1.88 bits per heavy atom. The van der Waals surface area contributed by atoms with Gasteiger partial charge in [-0.15, -0.1) is 0 Å². The summed E-state index contributed by atoms with van der Waals surface area (Å²) in [6.07, 6.45) is 1.76. The number of hydrogen-bond acceptors (Lipinski definition) is 3. The number of hydrogen-bond donors (Lipinski definition) is 1. The van der Waals surface area contributed by atoms with Crippen molar-refractivity contribution in [2.45, 2.75) is 0 Å². The average Bonchev–Trinajstić information content (AvgIpc) is 3.20. The number of benzene rings is 2. The first-order chi connectivity index (χ1) is 11.6. The van der Waals surface area contributed by atoms with Crippen molar-refractivity contribution in [3.8, 4) is 16.9 Å². The molecular weight excluding hydrogens is 304 g/mol. The molecule has 2 aromatic carbocycles. The SMILES string of the molecule is Cn1cnc2cc(-c3cc(C(=O)O)nn3-c3ccccc3)ccc21. The zero-order valence-corrected chi connectivity index (χ0v) is 12.9. The van der Waals surface area contributed by atoms with Crippen LogP contribution in [0, 0.1) is 0 Å². The second-order valence-corrected chi connectivity index (χ2v) is 5.53. The molecule has 4 aromatic rings. The zero-order chi connectivity index (χ0) is 16.7. The van der Waals surface area contributed by atoms with E-state index in [2.05, 4.69) is 10.1 Å². The van der Waals surface area contributed by atoms with Gasteiger partial charge in [-0.25, -0.2) is 14.5 Å². The van der Waals surface area contributed by atoms with E-state index in [-0.39, 0.29) is 5.69 Å². The molecule has 0 spiro atoms. The molecule has 0 radical (unpaired) electrons. The van der Waals surface area contributed by atoms with E-state index < -0.39 is 5.97 Å². The number of fused-ring (bicyclic) bond motifs is 1. The van der Waals surface area contributed by atoms with Crippen molar-refractivity contribution in [2.24, 2.45) is 7.05 Å². The quantitative estimate of drug-likeness (QED) is 0.630. The molecule has 0 aliphatic rings. The smallest absolute Gasteiger partial charge is 0.356 e. The van der Waals surface area contributed by atoms with Gasteiger partial charge in [-0.2, -0.15) is 5.10 Å². The van der Waals surface area contributed by atoms with Gasteiger partial charge in [0, 0.05) is 12.6 Å². The van der Waals surface area contributed by atoms with Crippen molar-refractivity contribution in [3.05, 3.63) is 66.6 Å². The predicted octanol–water partition coefficient (Wildman–Crippen LogP) is 3.12. The summed E-state index contributed by atoms with van der Waals surface area (Å²) < 4.78 is 3.59. The van der Waals surface area contributed by atoms with Crippen molar-refractivity contribution in [1.29, 1.82) is 0 Å². The maximum atomic E-state index is 11.4. The van der Waals surface area contributed by atoms with Crippen LogP contribution in [0.25, 0.3) is 28.0 Å². The number of aromatic nitrogens is 4. The van der Waals surface area contributed by atoms with Crippen LogP contribution >= 0.6 is 0 Å². The Hall–Kier alpha value is -3.41. The zero-order valence-electron chi connectivity index (χ0n) is 12.9. The fourth-order valence-electron chi connectivity index (χ4n) is 2.75. The number of rotatable bonds is 3. The lowest BCUT2D eigenvalue weighted by atomic mass is 10.1. The van der Waals surface area contributed by atoms with Crippen LogP contribution in [0.4, 0.5) is 0 Å². The van der Waals surface area contributed by atoms with Gasteiger partial charge in [0.05, 0.1) is 28.7 Å². The first kappa shape index (κ1) is 14.2. The van der Waals surface area contributed by atoms with E-state index in [0.717, 1.165) is 22.3 Å². The van der Waals surface area contributed by atoms with E-state index in [1.165, 1.54) is 0 Å². The molecule has 0 bridgehead atoms. The molecule has 118 valence electrons. The van der Waals surface area contributed by atoms with Crippen LogP contribution in [0.3, 0.4) is 0 Å². The number of carbonyl (C=O) groups is 1. The number of aromatic carboxylic acids is 1. The standard InChI is InChI=1S/C18H14N4O2/c1-21-11-19-14-9-12(7-8-16(14)21)17-10-15(18(23)24)20-22(17)13-5-3-2-4-6-13/h2-11H,1H3,(H,23,24). The van der Waals surface area contributed by atoms with Crippen LogP contribution in [0.5, 0.6) is 0 Å². The van der Waals surface area contributed by atoms with Crippen LogP contribution in [0.1, 0.15) is 10.5 Å². The van der Waals surface area contributed by atoms with Gasteiger partial charge in [-0.05, 0) is 30.3 Å². The summed E-state index contributed by atoms with van der Waals surface area (Å²) in [5, 5.41) is 13.5. The first-order valence-electron chi connectivity index (χ1n) is 7.44. The third-order valence-electron chi connectivity index (χ3n) is 3.95. The number of carboxylic acid groups (broad SMARTS) is 1. The number of imidazole rings is 1.